The molecule has 0 aliphatic carbocycles. The van der Waals surface area contributed by atoms with Crippen molar-refractivity contribution in [3.05, 3.63) is 53.6 Å². The van der Waals surface area contributed by atoms with Gasteiger partial charge in [-0.3, -0.25) is 0 Å². The molecule has 3 unspecified atom stereocenters. The normalized spacial score (nSPS) is 15.6. The highest BCUT2D eigenvalue weighted by molar-refractivity contribution is 5.54. The van der Waals surface area contributed by atoms with Crippen LogP contribution in [0.4, 0.5) is 0 Å². The Labute approximate surface area is 159 Å². The summed E-state index contributed by atoms with van der Waals surface area (Å²) in [6, 6.07) is 7.73. The Morgan fingerprint density at radius 3 is 2.46 bits per heavy atom. The predicted molar refractivity (Wildman–Crippen MR) is 110 cm³/mol. The van der Waals surface area contributed by atoms with Gasteiger partial charge < -0.3 is 15.3 Å². The van der Waals surface area contributed by atoms with E-state index in [1.54, 1.807) is 13.0 Å². The number of hydrogen-bond acceptors (Lipinski definition) is 3. The van der Waals surface area contributed by atoms with Crippen molar-refractivity contribution in [3.63, 3.8) is 0 Å². The van der Waals surface area contributed by atoms with E-state index in [1.165, 1.54) is 19.3 Å². The van der Waals surface area contributed by atoms with Crippen LogP contribution in [0.2, 0.25) is 0 Å². The summed E-state index contributed by atoms with van der Waals surface area (Å²) >= 11 is 0. The molecule has 0 saturated carbocycles. The third-order valence-corrected chi connectivity index (χ3v) is 4.47. The molecule has 0 aliphatic heterocycles. The highest BCUT2D eigenvalue weighted by atomic mass is 16.3. The van der Waals surface area contributed by atoms with E-state index in [1.807, 2.05) is 36.4 Å². The molecule has 3 heteroatoms. The Morgan fingerprint density at radius 2 is 1.73 bits per heavy atom. The lowest BCUT2D eigenvalue weighted by atomic mass is 9.97. The van der Waals surface area contributed by atoms with Gasteiger partial charge in [-0.1, -0.05) is 68.3 Å². The Bertz CT molecular complexity index is 534. The minimum absolute atomic E-state index is 0.331. The molecule has 146 valence electrons. The maximum atomic E-state index is 10.4. The standard InChI is InChI=1S/C23H36O3/c1-3-4-5-6-7-8-14-21(25)18-17-20-13-9-10-15-22(20)23(26)16-11-12-19(2)24/h7-10,13,15,17-19,21,23-26H,3-6,11-12,14,16H2,1-2H3. The lowest BCUT2D eigenvalue weighted by molar-refractivity contribution is 0.143. The summed E-state index contributed by atoms with van der Waals surface area (Å²) in [5.74, 6) is 0. The topological polar surface area (TPSA) is 60.7 Å². The Hall–Kier alpha value is -1.42. The fourth-order valence-electron chi connectivity index (χ4n) is 2.89. The van der Waals surface area contributed by atoms with Crippen molar-refractivity contribution in [3.8, 4) is 0 Å². The van der Waals surface area contributed by atoms with E-state index in [2.05, 4.69) is 13.0 Å². The van der Waals surface area contributed by atoms with Crippen LogP contribution in [0.15, 0.2) is 42.5 Å². The van der Waals surface area contributed by atoms with E-state index in [0.717, 1.165) is 24.0 Å². The molecule has 1 aromatic carbocycles. The summed E-state index contributed by atoms with van der Waals surface area (Å²) in [5.41, 5.74) is 1.81. The minimum Gasteiger partial charge on any atom is -0.393 e. The average molecular weight is 361 g/mol. The molecule has 0 bridgehead atoms. The molecule has 3 atom stereocenters. The van der Waals surface area contributed by atoms with Crippen LogP contribution in [-0.2, 0) is 0 Å². The summed E-state index contributed by atoms with van der Waals surface area (Å²) in [4.78, 5) is 0. The van der Waals surface area contributed by atoms with Crippen LogP contribution in [0.3, 0.4) is 0 Å². The molecule has 1 aromatic rings. The quantitative estimate of drug-likeness (QED) is 0.336. The van der Waals surface area contributed by atoms with Crippen molar-refractivity contribution in [2.24, 2.45) is 0 Å². The minimum atomic E-state index is -0.551. The lowest BCUT2D eigenvalue weighted by Crippen LogP contribution is -2.04. The van der Waals surface area contributed by atoms with E-state index in [-0.39, 0.29) is 6.10 Å². The van der Waals surface area contributed by atoms with Gasteiger partial charge in [0.25, 0.3) is 0 Å². The first kappa shape index (κ1) is 22.6. The number of hydrogen-bond donors (Lipinski definition) is 3. The largest absolute Gasteiger partial charge is 0.393 e. The number of unbranched alkanes of at least 4 members (excludes halogenated alkanes) is 3. The van der Waals surface area contributed by atoms with Crippen molar-refractivity contribution in [1.29, 1.82) is 0 Å². The van der Waals surface area contributed by atoms with Crippen molar-refractivity contribution < 1.29 is 15.3 Å². The molecule has 3 nitrogen and oxygen atoms in total. The zero-order valence-electron chi connectivity index (χ0n) is 16.3. The van der Waals surface area contributed by atoms with Gasteiger partial charge in [-0.15, -0.1) is 0 Å². The highest BCUT2D eigenvalue weighted by Crippen LogP contribution is 2.24. The smallest absolute Gasteiger partial charge is 0.0795 e. The van der Waals surface area contributed by atoms with Crippen LogP contribution in [-0.4, -0.2) is 27.5 Å². The molecule has 0 saturated heterocycles. The zero-order valence-corrected chi connectivity index (χ0v) is 16.3. The third-order valence-electron chi connectivity index (χ3n) is 4.47. The molecule has 3 N–H and O–H groups in total. The average Bonchev–Trinajstić information content (AvgIpc) is 2.62. The molecule has 0 radical (unpaired) electrons. The first-order valence-corrected chi connectivity index (χ1v) is 10.0. The van der Waals surface area contributed by atoms with Gasteiger partial charge in [0, 0.05) is 0 Å². The molecule has 0 spiro atoms. The maximum Gasteiger partial charge on any atom is 0.0795 e. The van der Waals surface area contributed by atoms with Gasteiger partial charge in [0.1, 0.15) is 0 Å². The fraction of sp³-hybridized carbons (Fsp3) is 0.565. The van der Waals surface area contributed by atoms with Gasteiger partial charge in [0.05, 0.1) is 18.3 Å². The van der Waals surface area contributed by atoms with E-state index in [0.29, 0.717) is 19.3 Å². The molecule has 0 aliphatic rings. The number of rotatable bonds is 13. The monoisotopic (exact) mass is 360 g/mol. The van der Waals surface area contributed by atoms with Crippen molar-refractivity contribution in [1.82, 2.24) is 0 Å². The first-order valence-electron chi connectivity index (χ1n) is 10.0. The fourth-order valence-corrected chi connectivity index (χ4v) is 2.89. The van der Waals surface area contributed by atoms with Gasteiger partial charge in [-0.25, -0.2) is 0 Å². The van der Waals surface area contributed by atoms with Gasteiger partial charge in [0.15, 0.2) is 0 Å². The Morgan fingerprint density at radius 1 is 0.962 bits per heavy atom. The van der Waals surface area contributed by atoms with Crippen LogP contribution in [0.1, 0.15) is 82.4 Å². The van der Waals surface area contributed by atoms with Crippen molar-refractivity contribution >= 4 is 6.08 Å². The predicted octanol–water partition coefficient (Wildman–Crippen LogP) is 5.17. The number of benzene rings is 1. The summed E-state index contributed by atoms with van der Waals surface area (Å²) in [5, 5.41) is 29.9. The van der Waals surface area contributed by atoms with E-state index < -0.39 is 12.2 Å². The van der Waals surface area contributed by atoms with Crippen molar-refractivity contribution in [2.45, 2.75) is 83.5 Å². The third kappa shape index (κ3) is 9.91. The Balaban J connectivity index is 2.53. The van der Waals surface area contributed by atoms with Gasteiger partial charge in [-0.2, -0.15) is 0 Å². The summed E-state index contributed by atoms with van der Waals surface area (Å²) in [7, 11) is 0. The Kier molecular flexibility index (Phi) is 12.0. The zero-order chi connectivity index (χ0) is 19.2. The first-order chi connectivity index (χ1) is 12.5. The van der Waals surface area contributed by atoms with Gasteiger partial charge >= 0.3 is 0 Å². The number of aliphatic hydroxyl groups excluding tert-OH is 3. The van der Waals surface area contributed by atoms with Crippen LogP contribution >= 0.6 is 0 Å². The van der Waals surface area contributed by atoms with Gasteiger partial charge in [-0.05, 0) is 56.6 Å². The number of aliphatic hydroxyl groups is 3. The molecule has 0 amide bonds. The van der Waals surface area contributed by atoms with Crippen molar-refractivity contribution in [2.75, 3.05) is 0 Å². The van der Waals surface area contributed by atoms with E-state index in [9.17, 15) is 15.3 Å². The molecule has 0 heterocycles. The second-order valence-electron chi connectivity index (χ2n) is 7.05. The molecule has 26 heavy (non-hydrogen) atoms. The molecule has 1 rings (SSSR count). The second kappa shape index (κ2) is 13.7. The highest BCUT2D eigenvalue weighted by Gasteiger charge is 2.11. The SMILES string of the molecule is CCCCCC=CCC(O)C=Cc1ccccc1C(O)CCCC(C)O. The van der Waals surface area contributed by atoms with E-state index >= 15 is 0 Å². The van der Waals surface area contributed by atoms with Gasteiger partial charge in [0.2, 0.25) is 0 Å². The van der Waals surface area contributed by atoms with Crippen LogP contribution in [0, 0.1) is 0 Å². The molecular formula is C23H36O3. The second-order valence-corrected chi connectivity index (χ2v) is 7.05. The van der Waals surface area contributed by atoms with Crippen LogP contribution in [0.5, 0.6) is 0 Å². The molecule has 0 aromatic heterocycles. The van der Waals surface area contributed by atoms with Crippen LogP contribution in [0.25, 0.3) is 6.08 Å². The summed E-state index contributed by atoms with van der Waals surface area (Å²) in [6.07, 6.45) is 13.9. The summed E-state index contributed by atoms with van der Waals surface area (Å²) < 4.78 is 0. The van der Waals surface area contributed by atoms with Crippen LogP contribution < -0.4 is 0 Å². The van der Waals surface area contributed by atoms with E-state index in [4.69, 9.17) is 0 Å². The summed E-state index contributed by atoms with van der Waals surface area (Å²) in [6.45, 7) is 3.96. The number of allylic oxidation sites excluding steroid dienone is 1. The molecule has 0 fully saturated rings. The molecular weight excluding hydrogens is 324 g/mol. The maximum absolute atomic E-state index is 10.4. The lowest BCUT2D eigenvalue weighted by Gasteiger charge is -2.14.